The molecule has 2 nitrogen and oxygen atoms in total. The van der Waals surface area contributed by atoms with Crippen LogP contribution < -0.4 is 4.90 Å². The molecule has 0 atom stereocenters. The molecule has 0 spiro atoms. The summed E-state index contributed by atoms with van der Waals surface area (Å²) in [6, 6.07) is 31.6. The van der Waals surface area contributed by atoms with Crippen LogP contribution in [0.25, 0.3) is 21.9 Å². The highest BCUT2D eigenvalue weighted by Gasteiger charge is 2.20. The summed E-state index contributed by atoms with van der Waals surface area (Å²) in [4.78, 5) is 2.29. The molecule has 0 aliphatic carbocycles. The predicted molar refractivity (Wildman–Crippen MR) is 118 cm³/mol. The number of benzene rings is 4. The van der Waals surface area contributed by atoms with Gasteiger partial charge in [0.05, 0.1) is 5.69 Å². The van der Waals surface area contributed by atoms with Crippen LogP contribution >= 0.6 is 0 Å². The van der Waals surface area contributed by atoms with E-state index < -0.39 is 0 Å². The largest absolute Gasteiger partial charge is 0.454 e. The van der Waals surface area contributed by atoms with E-state index in [4.69, 9.17) is 4.42 Å². The van der Waals surface area contributed by atoms with E-state index in [9.17, 15) is 0 Å². The Balaban J connectivity index is 1.87. The molecule has 0 saturated heterocycles. The fraction of sp³-hybridized carbons (Fsp3) is 0.0769. The third-order valence-corrected chi connectivity index (χ3v) is 5.33. The number of nitrogens with zero attached hydrogens (tertiary/aromatic N) is 1. The van der Waals surface area contributed by atoms with E-state index >= 15 is 0 Å². The zero-order valence-corrected chi connectivity index (χ0v) is 16.0. The number of hydrogen-bond acceptors (Lipinski definition) is 2. The van der Waals surface area contributed by atoms with Crippen LogP contribution in [0.4, 0.5) is 17.1 Å². The second-order valence-corrected chi connectivity index (χ2v) is 7.16. The SMILES string of the molecule is Cc1ccccc1N(c1ccccc1)c1ccc(C)c2c1oc1ccccc12. The molecule has 0 aliphatic heterocycles. The average molecular weight is 363 g/mol. The first kappa shape index (κ1) is 16.6. The zero-order chi connectivity index (χ0) is 19.1. The van der Waals surface area contributed by atoms with Gasteiger partial charge in [-0.1, -0.05) is 60.7 Å². The Morgan fingerprint density at radius 2 is 1.32 bits per heavy atom. The van der Waals surface area contributed by atoms with Crippen LogP contribution in [0.2, 0.25) is 0 Å². The van der Waals surface area contributed by atoms with Crippen LogP contribution in [0.3, 0.4) is 0 Å². The van der Waals surface area contributed by atoms with Gasteiger partial charge in [-0.15, -0.1) is 0 Å². The Morgan fingerprint density at radius 1 is 0.607 bits per heavy atom. The minimum absolute atomic E-state index is 0.922. The summed E-state index contributed by atoms with van der Waals surface area (Å²) < 4.78 is 6.39. The summed E-state index contributed by atoms with van der Waals surface area (Å²) in [5, 5.41) is 2.34. The van der Waals surface area contributed by atoms with Gasteiger partial charge >= 0.3 is 0 Å². The second-order valence-electron chi connectivity index (χ2n) is 7.16. The van der Waals surface area contributed by atoms with E-state index in [1.54, 1.807) is 0 Å². The Labute approximate surface area is 164 Å². The van der Waals surface area contributed by atoms with Gasteiger partial charge in [-0.2, -0.15) is 0 Å². The molecule has 28 heavy (non-hydrogen) atoms. The Morgan fingerprint density at radius 3 is 2.14 bits per heavy atom. The molecule has 0 aliphatic rings. The molecule has 2 heteroatoms. The van der Waals surface area contributed by atoms with E-state index in [-0.39, 0.29) is 0 Å². The highest BCUT2D eigenvalue weighted by atomic mass is 16.3. The van der Waals surface area contributed by atoms with Crippen LogP contribution in [-0.2, 0) is 0 Å². The van der Waals surface area contributed by atoms with Crippen molar-refractivity contribution in [2.24, 2.45) is 0 Å². The Hall–Kier alpha value is -3.52. The van der Waals surface area contributed by atoms with E-state index in [2.05, 4.69) is 91.5 Å². The van der Waals surface area contributed by atoms with Gasteiger partial charge in [0.25, 0.3) is 0 Å². The fourth-order valence-corrected chi connectivity index (χ4v) is 3.96. The second kappa shape index (κ2) is 6.58. The molecule has 136 valence electrons. The van der Waals surface area contributed by atoms with Gasteiger partial charge in [0.15, 0.2) is 5.58 Å². The molecule has 5 rings (SSSR count). The van der Waals surface area contributed by atoms with Crippen LogP contribution in [0.1, 0.15) is 11.1 Å². The zero-order valence-electron chi connectivity index (χ0n) is 16.0. The third-order valence-electron chi connectivity index (χ3n) is 5.33. The molecule has 0 fully saturated rings. The molecular formula is C26H21NO. The lowest BCUT2D eigenvalue weighted by Gasteiger charge is -2.27. The number of fused-ring (bicyclic) bond motifs is 3. The van der Waals surface area contributed by atoms with Crippen molar-refractivity contribution in [2.75, 3.05) is 4.90 Å². The normalized spacial score (nSPS) is 11.2. The average Bonchev–Trinajstić information content (AvgIpc) is 3.12. The molecule has 0 saturated carbocycles. The van der Waals surface area contributed by atoms with Crippen LogP contribution in [0, 0.1) is 13.8 Å². The minimum atomic E-state index is 0.922. The minimum Gasteiger partial charge on any atom is -0.454 e. The lowest BCUT2D eigenvalue weighted by Crippen LogP contribution is -2.11. The van der Waals surface area contributed by atoms with Crippen molar-refractivity contribution in [1.82, 2.24) is 0 Å². The fourth-order valence-electron chi connectivity index (χ4n) is 3.96. The van der Waals surface area contributed by atoms with Crippen molar-refractivity contribution >= 4 is 39.0 Å². The van der Waals surface area contributed by atoms with Crippen molar-refractivity contribution in [3.8, 4) is 0 Å². The van der Waals surface area contributed by atoms with Crippen molar-refractivity contribution in [1.29, 1.82) is 0 Å². The molecule has 0 amide bonds. The summed E-state index contributed by atoms with van der Waals surface area (Å²) in [6.45, 7) is 4.30. The molecule has 0 radical (unpaired) electrons. The first-order chi connectivity index (χ1) is 13.7. The summed E-state index contributed by atoms with van der Waals surface area (Å²) in [5.74, 6) is 0. The lowest BCUT2D eigenvalue weighted by molar-refractivity contribution is 0.669. The number of aryl methyl sites for hydroxylation is 2. The third kappa shape index (κ3) is 2.57. The Bertz CT molecular complexity index is 1280. The van der Waals surface area contributed by atoms with Gasteiger partial charge in [0.2, 0.25) is 0 Å². The quantitative estimate of drug-likeness (QED) is 0.327. The van der Waals surface area contributed by atoms with Crippen LogP contribution in [0.5, 0.6) is 0 Å². The molecule has 0 bridgehead atoms. The van der Waals surface area contributed by atoms with Crippen molar-refractivity contribution in [3.05, 3.63) is 102 Å². The number of para-hydroxylation sites is 3. The molecule has 0 N–H and O–H groups in total. The first-order valence-electron chi connectivity index (χ1n) is 9.56. The monoisotopic (exact) mass is 363 g/mol. The van der Waals surface area contributed by atoms with Crippen LogP contribution in [-0.4, -0.2) is 0 Å². The molecule has 1 aromatic heterocycles. The predicted octanol–water partition coefficient (Wildman–Crippen LogP) is 7.67. The van der Waals surface area contributed by atoms with Crippen molar-refractivity contribution in [2.45, 2.75) is 13.8 Å². The van der Waals surface area contributed by atoms with E-state index in [1.807, 2.05) is 18.2 Å². The highest BCUT2D eigenvalue weighted by Crippen LogP contribution is 2.43. The summed E-state index contributed by atoms with van der Waals surface area (Å²) in [5.41, 5.74) is 7.61. The molecular weight excluding hydrogens is 342 g/mol. The molecule has 4 aromatic carbocycles. The topological polar surface area (TPSA) is 16.4 Å². The van der Waals surface area contributed by atoms with Crippen molar-refractivity contribution in [3.63, 3.8) is 0 Å². The highest BCUT2D eigenvalue weighted by molar-refractivity contribution is 6.11. The Kier molecular flexibility index (Phi) is 3.91. The van der Waals surface area contributed by atoms with E-state index in [1.165, 1.54) is 16.5 Å². The van der Waals surface area contributed by atoms with Gasteiger partial charge in [-0.05, 0) is 55.3 Å². The first-order valence-corrected chi connectivity index (χ1v) is 9.56. The van der Waals surface area contributed by atoms with E-state index in [0.717, 1.165) is 33.6 Å². The van der Waals surface area contributed by atoms with Crippen molar-refractivity contribution < 1.29 is 4.42 Å². The summed E-state index contributed by atoms with van der Waals surface area (Å²) >= 11 is 0. The summed E-state index contributed by atoms with van der Waals surface area (Å²) in [6.07, 6.45) is 0. The number of anilines is 3. The molecule has 1 heterocycles. The van der Waals surface area contributed by atoms with Gasteiger partial charge < -0.3 is 9.32 Å². The van der Waals surface area contributed by atoms with E-state index in [0.29, 0.717) is 0 Å². The maximum absolute atomic E-state index is 6.39. The number of furan rings is 1. The van der Waals surface area contributed by atoms with Gasteiger partial charge in [-0.25, -0.2) is 0 Å². The number of rotatable bonds is 3. The maximum atomic E-state index is 6.39. The van der Waals surface area contributed by atoms with Gasteiger partial charge in [-0.3, -0.25) is 0 Å². The smallest absolute Gasteiger partial charge is 0.159 e. The summed E-state index contributed by atoms with van der Waals surface area (Å²) in [7, 11) is 0. The molecule has 5 aromatic rings. The van der Waals surface area contributed by atoms with Crippen LogP contribution in [0.15, 0.2) is 95.4 Å². The maximum Gasteiger partial charge on any atom is 0.159 e. The molecule has 0 unspecified atom stereocenters. The van der Waals surface area contributed by atoms with Gasteiger partial charge in [0.1, 0.15) is 5.58 Å². The van der Waals surface area contributed by atoms with Gasteiger partial charge in [0, 0.05) is 22.1 Å². The number of hydrogen-bond donors (Lipinski definition) is 0. The standard InChI is InChI=1S/C26H21NO/c1-18-10-6-8-14-22(18)27(20-11-4-3-5-12-20)23-17-16-19(2)25-21-13-7-9-15-24(21)28-26(23)25/h3-17H,1-2H3. The lowest BCUT2D eigenvalue weighted by atomic mass is 10.0.